The van der Waals surface area contributed by atoms with Gasteiger partial charge in [0.2, 0.25) is 5.91 Å². The zero-order valence-electron chi connectivity index (χ0n) is 14.1. The lowest BCUT2D eigenvalue weighted by Gasteiger charge is -2.14. The average Bonchev–Trinajstić information content (AvgIpc) is 2.54. The molecule has 1 aromatic heterocycles. The maximum Gasteiger partial charge on any atom is 0.221 e. The lowest BCUT2D eigenvalue weighted by atomic mass is 10.0. The quantitative estimate of drug-likeness (QED) is 0.726. The molecule has 2 aromatic carbocycles. The van der Waals surface area contributed by atoms with Crippen molar-refractivity contribution in [2.75, 3.05) is 26.0 Å². The molecule has 5 heteroatoms. The number of para-hydroxylation sites is 1. The Morgan fingerprint density at radius 2 is 1.92 bits per heavy atom. The molecule has 1 amide bonds. The fourth-order valence-electron chi connectivity index (χ4n) is 2.94. The molecule has 2 N–H and O–H groups in total. The third-order valence-electron chi connectivity index (χ3n) is 4.09. The van der Waals surface area contributed by atoms with Crippen LogP contribution in [0.3, 0.4) is 0 Å². The second kappa shape index (κ2) is 6.45. The Kier molecular flexibility index (Phi) is 4.36. The van der Waals surface area contributed by atoms with Crippen LogP contribution in [0.25, 0.3) is 21.8 Å². The van der Waals surface area contributed by atoms with Crippen LogP contribution in [-0.2, 0) is 11.2 Å². The summed E-state index contributed by atoms with van der Waals surface area (Å²) in [4.78, 5) is 30.0. The van der Waals surface area contributed by atoms with Crippen molar-refractivity contribution < 1.29 is 4.79 Å². The summed E-state index contributed by atoms with van der Waals surface area (Å²) in [7, 11) is 4.01. The molecule has 3 rings (SSSR count). The number of nitrogens with one attached hydrogen (secondary N) is 2. The molecule has 24 heavy (non-hydrogen) atoms. The summed E-state index contributed by atoms with van der Waals surface area (Å²) in [5.74, 6) is -0.161. The fourth-order valence-corrected chi connectivity index (χ4v) is 2.94. The summed E-state index contributed by atoms with van der Waals surface area (Å²) in [5, 5.41) is 4.13. The van der Waals surface area contributed by atoms with Crippen LogP contribution in [0.15, 0.2) is 41.2 Å². The van der Waals surface area contributed by atoms with Gasteiger partial charge >= 0.3 is 0 Å². The number of hydrogen-bond donors (Lipinski definition) is 2. The van der Waals surface area contributed by atoms with Gasteiger partial charge in [0.15, 0.2) is 5.43 Å². The van der Waals surface area contributed by atoms with Gasteiger partial charge in [0, 0.05) is 24.4 Å². The zero-order valence-corrected chi connectivity index (χ0v) is 14.1. The van der Waals surface area contributed by atoms with Gasteiger partial charge in [-0.3, -0.25) is 9.59 Å². The summed E-state index contributed by atoms with van der Waals surface area (Å²) in [5.41, 5.74) is 3.07. The average molecular weight is 323 g/mol. The Morgan fingerprint density at radius 3 is 2.62 bits per heavy atom. The van der Waals surface area contributed by atoms with Crippen molar-refractivity contribution in [3.05, 3.63) is 52.2 Å². The van der Waals surface area contributed by atoms with Crippen LogP contribution in [0.2, 0.25) is 0 Å². The summed E-state index contributed by atoms with van der Waals surface area (Å²) >= 11 is 0. The van der Waals surface area contributed by atoms with E-state index in [1.165, 1.54) is 6.92 Å². The highest BCUT2D eigenvalue weighted by atomic mass is 16.1. The van der Waals surface area contributed by atoms with Crippen LogP contribution < -0.4 is 10.7 Å². The van der Waals surface area contributed by atoms with Crippen molar-refractivity contribution in [3.63, 3.8) is 0 Å². The molecule has 0 fully saturated rings. The summed E-state index contributed by atoms with van der Waals surface area (Å²) in [6.45, 7) is 2.31. The molecule has 0 atom stereocenters. The van der Waals surface area contributed by atoms with Crippen LogP contribution in [0, 0.1) is 0 Å². The third kappa shape index (κ3) is 3.03. The predicted octanol–water partition coefficient (Wildman–Crippen LogP) is 2.74. The first-order valence-electron chi connectivity index (χ1n) is 7.96. The molecule has 0 aliphatic carbocycles. The van der Waals surface area contributed by atoms with Gasteiger partial charge in [-0.1, -0.05) is 18.2 Å². The molecule has 0 bridgehead atoms. The third-order valence-corrected chi connectivity index (χ3v) is 4.09. The number of carbonyl (C=O) groups is 1. The number of amides is 1. The van der Waals surface area contributed by atoms with Gasteiger partial charge in [0.25, 0.3) is 0 Å². The lowest BCUT2D eigenvalue weighted by Crippen LogP contribution is -2.17. The van der Waals surface area contributed by atoms with Gasteiger partial charge in [0.05, 0.1) is 16.6 Å². The Balaban J connectivity index is 2.32. The second-order valence-corrected chi connectivity index (χ2v) is 6.26. The highest BCUT2D eigenvalue weighted by Gasteiger charge is 2.13. The Hall–Kier alpha value is -2.66. The van der Waals surface area contributed by atoms with Crippen molar-refractivity contribution >= 4 is 33.4 Å². The standard InChI is InChI=1S/C19H21N3O2/c1-12(23)20-16-9-8-13(10-11-22(2)3)17-18(16)21-15-7-5-4-6-14(15)19(17)24/h4-9H,10-11H2,1-3H3,(H,20,23)(H,21,24). The number of nitrogens with zero attached hydrogens (tertiary/aromatic N) is 1. The van der Waals surface area contributed by atoms with E-state index in [9.17, 15) is 9.59 Å². The van der Waals surface area contributed by atoms with Gasteiger partial charge in [0.1, 0.15) is 0 Å². The molecule has 0 radical (unpaired) electrons. The number of benzene rings is 2. The number of aromatic nitrogens is 1. The zero-order chi connectivity index (χ0) is 17.3. The van der Waals surface area contributed by atoms with E-state index in [0.717, 1.165) is 24.0 Å². The molecule has 0 aliphatic rings. The van der Waals surface area contributed by atoms with E-state index in [4.69, 9.17) is 0 Å². The van der Waals surface area contributed by atoms with E-state index in [0.29, 0.717) is 22.0 Å². The van der Waals surface area contributed by atoms with Crippen molar-refractivity contribution in [1.82, 2.24) is 9.88 Å². The largest absolute Gasteiger partial charge is 0.353 e. The SMILES string of the molecule is CC(=O)Nc1ccc(CCN(C)C)c2c(=O)c3ccccc3[nH]c12. The van der Waals surface area contributed by atoms with Crippen LogP contribution in [0.1, 0.15) is 12.5 Å². The van der Waals surface area contributed by atoms with E-state index in [2.05, 4.69) is 15.2 Å². The van der Waals surface area contributed by atoms with Crippen molar-refractivity contribution in [3.8, 4) is 0 Å². The molecular weight excluding hydrogens is 302 g/mol. The summed E-state index contributed by atoms with van der Waals surface area (Å²) in [6.07, 6.45) is 0.769. The van der Waals surface area contributed by atoms with Crippen molar-refractivity contribution in [2.24, 2.45) is 0 Å². The summed E-state index contributed by atoms with van der Waals surface area (Å²) < 4.78 is 0. The van der Waals surface area contributed by atoms with Crippen molar-refractivity contribution in [2.45, 2.75) is 13.3 Å². The van der Waals surface area contributed by atoms with E-state index >= 15 is 0 Å². The monoisotopic (exact) mass is 323 g/mol. The number of hydrogen-bond acceptors (Lipinski definition) is 3. The van der Waals surface area contributed by atoms with Gasteiger partial charge in [-0.15, -0.1) is 0 Å². The number of carbonyl (C=O) groups excluding carboxylic acids is 1. The highest BCUT2D eigenvalue weighted by Crippen LogP contribution is 2.25. The van der Waals surface area contributed by atoms with Gasteiger partial charge in [-0.25, -0.2) is 0 Å². The number of aromatic amines is 1. The molecule has 1 heterocycles. The van der Waals surface area contributed by atoms with Crippen molar-refractivity contribution in [1.29, 1.82) is 0 Å². The Labute approximate surface area is 140 Å². The van der Waals surface area contributed by atoms with E-state index in [1.807, 2.05) is 50.5 Å². The number of rotatable bonds is 4. The number of pyridine rings is 1. The normalized spacial score (nSPS) is 11.3. The maximum absolute atomic E-state index is 13.0. The van der Waals surface area contributed by atoms with Gasteiger partial charge < -0.3 is 15.2 Å². The first-order chi connectivity index (χ1) is 11.5. The number of anilines is 1. The second-order valence-electron chi connectivity index (χ2n) is 6.26. The molecule has 0 aliphatic heterocycles. The van der Waals surface area contributed by atoms with Crippen LogP contribution in [0.4, 0.5) is 5.69 Å². The van der Waals surface area contributed by atoms with E-state index < -0.39 is 0 Å². The first kappa shape index (κ1) is 16.2. The van der Waals surface area contributed by atoms with E-state index in [1.54, 1.807) is 0 Å². The number of likely N-dealkylation sites (N-methyl/N-ethyl adjacent to an activating group) is 1. The van der Waals surface area contributed by atoms with Crippen LogP contribution in [0.5, 0.6) is 0 Å². The number of fused-ring (bicyclic) bond motifs is 2. The van der Waals surface area contributed by atoms with Crippen LogP contribution >= 0.6 is 0 Å². The molecule has 0 spiro atoms. The first-order valence-corrected chi connectivity index (χ1v) is 7.96. The Morgan fingerprint density at radius 1 is 1.17 bits per heavy atom. The molecular formula is C19H21N3O2. The van der Waals surface area contributed by atoms with Crippen LogP contribution in [-0.4, -0.2) is 36.4 Å². The minimum atomic E-state index is -0.161. The molecule has 0 unspecified atom stereocenters. The molecule has 3 aromatic rings. The van der Waals surface area contributed by atoms with Gasteiger partial charge in [-0.05, 0) is 44.3 Å². The summed E-state index contributed by atoms with van der Waals surface area (Å²) in [6, 6.07) is 11.2. The Bertz CT molecular complexity index is 973. The lowest BCUT2D eigenvalue weighted by molar-refractivity contribution is -0.114. The molecule has 124 valence electrons. The van der Waals surface area contributed by atoms with Gasteiger partial charge in [-0.2, -0.15) is 0 Å². The highest BCUT2D eigenvalue weighted by molar-refractivity contribution is 6.04. The maximum atomic E-state index is 13.0. The predicted molar refractivity (Wildman–Crippen MR) is 98.6 cm³/mol. The molecule has 5 nitrogen and oxygen atoms in total. The smallest absolute Gasteiger partial charge is 0.221 e. The minimum Gasteiger partial charge on any atom is -0.353 e. The minimum absolute atomic E-state index is 0.000285. The van der Waals surface area contributed by atoms with E-state index in [-0.39, 0.29) is 11.3 Å². The fraction of sp³-hybridized carbons (Fsp3) is 0.263. The molecule has 0 saturated heterocycles. The number of H-pyrrole nitrogens is 1. The topological polar surface area (TPSA) is 65.2 Å². The molecule has 0 saturated carbocycles.